The minimum absolute atomic E-state index is 0.0926. The third-order valence-electron chi connectivity index (χ3n) is 5.00. The van der Waals surface area contributed by atoms with Crippen LogP contribution in [0.15, 0.2) is 23.0 Å². The highest BCUT2D eigenvalue weighted by Gasteiger charge is 2.17. The number of aryl methyl sites for hydroxylation is 2. The summed E-state index contributed by atoms with van der Waals surface area (Å²) in [6.45, 7) is 5.44. The van der Waals surface area contributed by atoms with E-state index in [-0.39, 0.29) is 5.56 Å². The van der Waals surface area contributed by atoms with E-state index in [0.717, 1.165) is 24.9 Å². The molecule has 0 aliphatic rings. The van der Waals surface area contributed by atoms with Gasteiger partial charge in [0.25, 0.3) is 5.56 Å². The smallest absolute Gasteiger partial charge is 0.280 e. The maximum Gasteiger partial charge on any atom is 0.280 e. The second-order valence-electron chi connectivity index (χ2n) is 7.04. The lowest BCUT2D eigenvalue weighted by Crippen LogP contribution is -2.26. The van der Waals surface area contributed by atoms with E-state index in [1.807, 2.05) is 53.5 Å². The second kappa shape index (κ2) is 9.30. The van der Waals surface area contributed by atoms with Crippen molar-refractivity contribution in [1.29, 1.82) is 0 Å². The number of hydrogen-bond donors (Lipinski definition) is 0. The molecule has 0 amide bonds. The number of aromatic nitrogens is 4. The molecule has 2 heterocycles. The molecule has 30 heavy (non-hydrogen) atoms. The van der Waals surface area contributed by atoms with Gasteiger partial charge in [-0.2, -0.15) is 0 Å². The van der Waals surface area contributed by atoms with Crippen LogP contribution in [0.3, 0.4) is 0 Å². The number of fused-ring (bicyclic) bond motifs is 1. The van der Waals surface area contributed by atoms with Crippen molar-refractivity contribution in [2.75, 3.05) is 14.2 Å². The van der Waals surface area contributed by atoms with Crippen molar-refractivity contribution >= 4 is 35.5 Å². The fourth-order valence-corrected chi connectivity index (χ4v) is 3.85. The predicted molar refractivity (Wildman–Crippen MR) is 123 cm³/mol. The van der Waals surface area contributed by atoms with E-state index >= 15 is 0 Å². The van der Waals surface area contributed by atoms with E-state index in [4.69, 9.17) is 26.7 Å². The molecule has 8 heteroatoms. The molecule has 3 aromatic rings. The third-order valence-corrected chi connectivity index (χ3v) is 5.44. The Kier molecular flexibility index (Phi) is 6.77. The lowest BCUT2D eigenvalue weighted by atomic mass is 10.2. The highest BCUT2D eigenvalue weighted by atomic mass is 32.1. The molecule has 2 aromatic heterocycles. The van der Waals surface area contributed by atoms with E-state index in [9.17, 15) is 4.79 Å². The molecule has 0 aliphatic carbocycles. The normalized spacial score (nSPS) is 11.5. The van der Waals surface area contributed by atoms with Crippen molar-refractivity contribution in [2.24, 2.45) is 7.05 Å². The van der Waals surface area contributed by atoms with E-state index in [2.05, 4.69) is 6.92 Å². The Morgan fingerprint density at radius 2 is 1.70 bits per heavy atom. The summed E-state index contributed by atoms with van der Waals surface area (Å²) in [7, 11) is 5.08. The number of nitrogens with zero attached hydrogens (tertiary/aromatic N) is 4. The number of methoxy groups -OCH3 is 2. The molecule has 1 aromatic carbocycles. The van der Waals surface area contributed by atoms with Crippen molar-refractivity contribution in [3.63, 3.8) is 0 Å². The molecule has 160 valence electrons. The minimum atomic E-state index is -0.0926. The second-order valence-corrected chi connectivity index (χ2v) is 7.41. The molecule has 0 fully saturated rings. The molecular weight excluding hydrogens is 400 g/mol. The van der Waals surface area contributed by atoms with E-state index in [0.29, 0.717) is 39.8 Å². The molecule has 3 rings (SSSR count). The Hall–Kier alpha value is -2.87. The van der Waals surface area contributed by atoms with E-state index in [1.54, 1.807) is 18.8 Å². The zero-order valence-corrected chi connectivity index (χ0v) is 19.0. The Balaban J connectivity index is 2.14. The average Bonchev–Trinajstić information content (AvgIpc) is 3.08. The first kappa shape index (κ1) is 21.8. The molecule has 7 nitrogen and oxygen atoms in total. The Bertz CT molecular complexity index is 1200. The Labute approximate surface area is 181 Å². The third kappa shape index (κ3) is 3.92. The highest BCUT2D eigenvalue weighted by molar-refractivity contribution is 7.71. The van der Waals surface area contributed by atoms with E-state index < -0.39 is 0 Å². The topological polar surface area (TPSA) is 63.2 Å². The summed E-state index contributed by atoms with van der Waals surface area (Å²) in [6, 6.07) is 5.69. The van der Waals surface area contributed by atoms with Gasteiger partial charge in [-0.3, -0.25) is 9.36 Å². The first-order valence-corrected chi connectivity index (χ1v) is 10.5. The van der Waals surface area contributed by atoms with Gasteiger partial charge < -0.3 is 18.6 Å². The van der Waals surface area contributed by atoms with Gasteiger partial charge in [0.15, 0.2) is 27.4 Å². The van der Waals surface area contributed by atoms with Gasteiger partial charge in [0.1, 0.15) is 5.82 Å². The number of rotatable bonds is 8. The Morgan fingerprint density at radius 1 is 1.03 bits per heavy atom. The lowest BCUT2D eigenvalue weighted by Gasteiger charge is -2.12. The number of hydrogen-bond acceptors (Lipinski definition) is 5. The molecule has 0 saturated heterocycles. The van der Waals surface area contributed by atoms with Crippen LogP contribution < -0.4 is 15.0 Å². The van der Waals surface area contributed by atoms with Crippen LogP contribution in [0.4, 0.5) is 0 Å². The number of ether oxygens (including phenoxy) is 2. The zero-order valence-electron chi connectivity index (χ0n) is 18.1. The summed E-state index contributed by atoms with van der Waals surface area (Å²) in [6.07, 6.45) is 5.57. The van der Waals surface area contributed by atoms with E-state index in [1.165, 1.54) is 0 Å². The van der Waals surface area contributed by atoms with Crippen LogP contribution >= 0.6 is 12.2 Å². The summed E-state index contributed by atoms with van der Waals surface area (Å²) in [5.41, 5.74) is 2.05. The maximum atomic E-state index is 13.1. The Morgan fingerprint density at radius 3 is 2.33 bits per heavy atom. The van der Waals surface area contributed by atoms with Gasteiger partial charge in [-0.15, -0.1) is 0 Å². The van der Waals surface area contributed by atoms with Gasteiger partial charge in [-0.25, -0.2) is 4.98 Å². The largest absolute Gasteiger partial charge is 0.493 e. The minimum Gasteiger partial charge on any atom is -0.493 e. The number of imidazole rings is 1. The van der Waals surface area contributed by atoms with Crippen molar-refractivity contribution in [1.82, 2.24) is 18.7 Å². The van der Waals surface area contributed by atoms with Crippen LogP contribution in [0.5, 0.6) is 11.5 Å². The maximum absolute atomic E-state index is 13.1. The van der Waals surface area contributed by atoms with Crippen LogP contribution in [0, 0.1) is 4.77 Å². The van der Waals surface area contributed by atoms with Crippen LogP contribution in [0.25, 0.3) is 23.3 Å². The quantitative estimate of drug-likeness (QED) is 0.501. The molecule has 0 N–H and O–H groups in total. The monoisotopic (exact) mass is 428 g/mol. The lowest BCUT2D eigenvalue weighted by molar-refractivity contribution is 0.355. The number of benzene rings is 1. The van der Waals surface area contributed by atoms with Crippen LogP contribution in [0.1, 0.15) is 38.1 Å². The summed E-state index contributed by atoms with van der Waals surface area (Å²) >= 11 is 5.62. The van der Waals surface area contributed by atoms with Crippen LogP contribution in [-0.4, -0.2) is 32.9 Å². The molecule has 0 aliphatic heterocycles. The summed E-state index contributed by atoms with van der Waals surface area (Å²) < 4.78 is 16.7. The molecule has 0 unspecified atom stereocenters. The average molecular weight is 429 g/mol. The summed E-state index contributed by atoms with van der Waals surface area (Å²) in [5, 5.41) is 0. The zero-order chi connectivity index (χ0) is 21.8. The van der Waals surface area contributed by atoms with Gasteiger partial charge in [0.05, 0.1) is 14.2 Å². The molecule has 0 bridgehead atoms. The van der Waals surface area contributed by atoms with Crippen molar-refractivity contribution in [2.45, 2.75) is 39.8 Å². The van der Waals surface area contributed by atoms with Crippen molar-refractivity contribution in [3.05, 3.63) is 44.7 Å². The highest BCUT2D eigenvalue weighted by Crippen LogP contribution is 2.28. The SMILES string of the molecule is CCCn1c(=O)c2c(nc(/C=C/c3ccc(OC)c(OC)c3)n2C)n(CCC)c1=S. The van der Waals surface area contributed by atoms with Crippen LogP contribution in [-0.2, 0) is 20.1 Å². The van der Waals surface area contributed by atoms with Gasteiger partial charge in [0.2, 0.25) is 0 Å². The molecule has 0 atom stereocenters. The van der Waals surface area contributed by atoms with Gasteiger partial charge in [-0.05, 0) is 48.8 Å². The fourth-order valence-electron chi connectivity index (χ4n) is 3.50. The molecule has 0 saturated carbocycles. The van der Waals surface area contributed by atoms with Gasteiger partial charge in [0, 0.05) is 20.1 Å². The van der Waals surface area contributed by atoms with Gasteiger partial charge >= 0.3 is 0 Å². The predicted octanol–water partition coefficient (Wildman–Crippen LogP) is 4.27. The standard InChI is InChI=1S/C22H28N4O3S/c1-6-12-25-20-19(21(27)26(13-7-2)22(25)30)24(3)18(23-20)11-9-15-8-10-16(28-4)17(14-15)29-5/h8-11,14H,6-7,12-13H2,1-5H3/b11-9+. The molecule has 0 spiro atoms. The van der Waals surface area contributed by atoms with Crippen molar-refractivity contribution in [3.8, 4) is 11.5 Å². The van der Waals surface area contributed by atoms with Crippen molar-refractivity contribution < 1.29 is 9.47 Å². The molecular formula is C22H28N4O3S. The first-order chi connectivity index (χ1) is 14.5. The fraction of sp³-hybridized carbons (Fsp3) is 0.409. The molecule has 0 radical (unpaired) electrons. The summed E-state index contributed by atoms with van der Waals surface area (Å²) in [4.78, 5) is 17.9. The summed E-state index contributed by atoms with van der Waals surface area (Å²) in [5.74, 6) is 2.02. The first-order valence-electron chi connectivity index (χ1n) is 10.1. The van der Waals surface area contributed by atoms with Gasteiger partial charge in [-0.1, -0.05) is 26.0 Å². The van der Waals surface area contributed by atoms with Crippen LogP contribution in [0.2, 0.25) is 0 Å².